The van der Waals surface area contributed by atoms with Gasteiger partial charge in [-0.15, -0.1) is 0 Å². The highest BCUT2D eigenvalue weighted by molar-refractivity contribution is 5.81. The normalized spacial score (nSPS) is 13.6. The average molecular weight is 202 g/mol. The number of hydrogen-bond acceptors (Lipinski definition) is 2. The second-order valence-electron chi connectivity index (χ2n) is 3.26. The van der Waals surface area contributed by atoms with Gasteiger partial charge in [-0.2, -0.15) is 0 Å². The number of carbonyl (C=O) groups is 1. The van der Waals surface area contributed by atoms with E-state index in [-0.39, 0.29) is 17.9 Å². The van der Waals surface area contributed by atoms with Gasteiger partial charge in [-0.05, 0) is 12.8 Å². The highest BCUT2D eigenvalue weighted by Gasteiger charge is 2.21. The fraction of sp³-hybridized carbons (Fsp3) is 0.909. The summed E-state index contributed by atoms with van der Waals surface area (Å²) in [5.41, 5.74) is 5.76. The molecule has 14 heavy (non-hydrogen) atoms. The Kier molecular flexibility index (Phi) is 10.2. The van der Waals surface area contributed by atoms with E-state index < -0.39 is 0 Å². The number of carbonyl (C=O) groups excluding carboxylic acids is 1. The summed E-state index contributed by atoms with van der Waals surface area (Å²) >= 11 is 0. The molecule has 3 nitrogen and oxygen atoms in total. The van der Waals surface area contributed by atoms with Gasteiger partial charge in [0.25, 0.3) is 0 Å². The minimum Gasteiger partial charge on any atom is -0.345 e. The molecule has 0 saturated carbocycles. The number of hydrogen-bond donors (Lipinski definition) is 1. The van der Waals surface area contributed by atoms with Crippen LogP contribution in [0.2, 0.25) is 0 Å². The van der Waals surface area contributed by atoms with Crippen LogP contribution in [0.25, 0.3) is 0 Å². The summed E-state index contributed by atoms with van der Waals surface area (Å²) in [6, 6.07) is -0.333. The van der Waals surface area contributed by atoms with Gasteiger partial charge in [-0.1, -0.05) is 34.1 Å². The minimum atomic E-state index is -0.333. The molecule has 0 aliphatic rings. The summed E-state index contributed by atoms with van der Waals surface area (Å²) in [5.74, 6) is 0.318. The molecule has 0 aromatic carbocycles. The number of likely N-dealkylation sites (N-methyl/N-ethyl adjacent to an activating group) is 1. The van der Waals surface area contributed by atoms with Crippen LogP contribution in [0.1, 0.15) is 41.0 Å². The van der Waals surface area contributed by atoms with Crippen molar-refractivity contribution in [1.82, 2.24) is 4.90 Å². The molecule has 0 radical (unpaired) electrons. The molecule has 0 aliphatic carbocycles. The molecule has 0 heterocycles. The minimum absolute atomic E-state index is 0.0480. The quantitative estimate of drug-likeness (QED) is 0.756. The van der Waals surface area contributed by atoms with Crippen molar-refractivity contribution >= 4 is 5.91 Å². The molecule has 2 atom stereocenters. The fourth-order valence-corrected chi connectivity index (χ4v) is 0.908. The Labute approximate surface area is 88.7 Å². The summed E-state index contributed by atoms with van der Waals surface area (Å²) < 4.78 is 0. The molecule has 3 heteroatoms. The highest BCUT2D eigenvalue weighted by Crippen LogP contribution is 2.07. The van der Waals surface area contributed by atoms with Crippen molar-refractivity contribution in [2.45, 2.75) is 47.1 Å². The lowest BCUT2D eigenvalue weighted by atomic mass is 9.99. The molecule has 1 unspecified atom stereocenters. The number of nitrogens with two attached hydrogens (primary N) is 1. The van der Waals surface area contributed by atoms with E-state index in [2.05, 4.69) is 0 Å². The Morgan fingerprint density at radius 1 is 1.36 bits per heavy atom. The Morgan fingerprint density at radius 2 is 1.79 bits per heavy atom. The molecule has 0 rings (SSSR count). The van der Waals surface area contributed by atoms with Crippen molar-refractivity contribution < 1.29 is 4.79 Å². The molecular weight excluding hydrogens is 176 g/mol. The molecular formula is C11H26N2O. The largest absolute Gasteiger partial charge is 0.345 e. The van der Waals surface area contributed by atoms with E-state index in [1.807, 2.05) is 34.6 Å². The smallest absolute Gasteiger partial charge is 0.239 e. The van der Waals surface area contributed by atoms with Crippen LogP contribution in [0.4, 0.5) is 0 Å². The lowest BCUT2D eigenvalue weighted by Gasteiger charge is -2.23. The zero-order valence-corrected chi connectivity index (χ0v) is 10.5. The van der Waals surface area contributed by atoms with E-state index in [4.69, 9.17) is 5.73 Å². The van der Waals surface area contributed by atoms with Gasteiger partial charge in [0.15, 0.2) is 0 Å². The van der Waals surface area contributed by atoms with E-state index in [0.29, 0.717) is 0 Å². The van der Waals surface area contributed by atoms with Crippen LogP contribution in [0.5, 0.6) is 0 Å². The number of amides is 1. The third-order valence-electron chi connectivity index (χ3n) is 2.39. The lowest BCUT2D eigenvalue weighted by Crippen LogP contribution is -2.45. The van der Waals surface area contributed by atoms with Crippen molar-refractivity contribution in [1.29, 1.82) is 0 Å². The predicted molar refractivity (Wildman–Crippen MR) is 62.1 cm³/mol. The maximum atomic E-state index is 11.5. The first-order valence-electron chi connectivity index (χ1n) is 5.55. The van der Waals surface area contributed by atoms with Gasteiger partial charge in [0.2, 0.25) is 5.91 Å². The third-order valence-corrected chi connectivity index (χ3v) is 2.39. The van der Waals surface area contributed by atoms with Crippen molar-refractivity contribution in [2.24, 2.45) is 11.7 Å². The van der Waals surface area contributed by atoms with Gasteiger partial charge in [0.05, 0.1) is 6.04 Å². The standard InChI is InChI=1S/C9H20N2O.C2H6/c1-5-7(3)8(10)9(12)11(4)6-2;1-2/h7-8H,5-6,10H2,1-4H3;1-2H3/t7?,8-;/m0./s1. The van der Waals surface area contributed by atoms with Crippen LogP contribution >= 0.6 is 0 Å². The topological polar surface area (TPSA) is 46.3 Å². The molecule has 0 aromatic rings. The average Bonchev–Trinajstić information content (AvgIpc) is 2.27. The molecule has 86 valence electrons. The van der Waals surface area contributed by atoms with Crippen molar-refractivity contribution in [3.63, 3.8) is 0 Å². The Morgan fingerprint density at radius 3 is 2.07 bits per heavy atom. The lowest BCUT2D eigenvalue weighted by molar-refractivity contribution is -0.132. The second kappa shape index (κ2) is 9.00. The van der Waals surface area contributed by atoms with Gasteiger partial charge in [-0.25, -0.2) is 0 Å². The van der Waals surface area contributed by atoms with Crippen LogP contribution in [0, 0.1) is 5.92 Å². The molecule has 1 amide bonds. The van der Waals surface area contributed by atoms with Crippen LogP contribution in [0.3, 0.4) is 0 Å². The van der Waals surface area contributed by atoms with Crippen LogP contribution in [-0.2, 0) is 4.79 Å². The summed E-state index contributed by atoms with van der Waals surface area (Å²) in [6.45, 7) is 10.7. The second-order valence-corrected chi connectivity index (χ2v) is 3.26. The zero-order valence-electron chi connectivity index (χ0n) is 10.5. The van der Waals surface area contributed by atoms with E-state index in [1.165, 1.54) is 0 Å². The monoisotopic (exact) mass is 202 g/mol. The molecule has 0 saturated heterocycles. The third kappa shape index (κ3) is 5.22. The Bertz CT molecular complexity index is 148. The predicted octanol–water partition coefficient (Wildman–Crippen LogP) is 1.86. The first-order chi connectivity index (χ1) is 6.54. The van der Waals surface area contributed by atoms with Gasteiger partial charge in [0.1, 0.15) is 0 Å². The molecule has 0 spiro atoms. The zero-order chi connectivity index (χ0) is 11.7. The van der Waals surface area contributed by atoms with E-state index in [9.17, 15) is 4.79 Å². The Hall–Kier alpha value is -0.570. The van der Waals surface area contributed by atoms with Crippen LogP contribution < -0.4 is 5.73 Å². The van der Waals surface area contributed by atoms with E-state index in [1.54, 1.807) is 11.9 Å². The summed E-state index contributed by atoms with van der Waals surface area (Å²) in [5, 5.41) is 0. The van der Waals surface area contributed by atoms with Crippen molar-refractivity contribution in [2.75, 3.05) is 13.6 Å². The highest BCUT2D eigenvalue weighted by atomic mass is 16.2. The van der Waals surface area contributed by atoms with E-state index in [0.717, 1.165) is 13.0 Å². The van der Waals surface area contributed by atoms with Crippen molar-refractivity contribution in [3.05, 3.63) is 0 Å². The number of rotatable bonds is 4. The fourth-order valence-electron chi connectivity index (χ4n) is 0.908. The van der Waals surface area contributed by atoms with E-state index >= 15 is 0 Å². The molecule has 2 N–H and O–H groups in total. The summed E-state index contributed by atoms with van der Waals surface area (Å²) in [4.78, 5) is 13.1. The number of nitrogens with zero attached hydrogens (tertiary/aromatic N) is 1. The van der Waals surface area contributed by atoms with Crippen molar-refractivity contribution in [3.8, 4) is 0 Å². The van der Waals surface area contributed by atoms with Gasteiger partial charge in [-0.3, -0.25) is 4.79 Å². The molecule has 0 aromatic heterocycles. The summed E-state index contributed by atoms with van der Waals surface area (Å²) in [7, 11) is 1.78. The van der Waals surface area contributed by atoms with Crippen LogP contribution in [0.15, 0.2) is 0 Å². The molecule has 0 aliphatic heterocycles. The summed E-state index contributed by atoms with van der Waals surface area (Å²) in [6.07, 6.45) is 0.949. The molecule has 0 fully saturated rings. The first-order valence-corrected chi connectivity index (χ1v) is 5.55. The maximum absolute atomic E-state index is 11.5. The SMILES string of the molecule is CC.CCC(C)[C@H](N)C(=O)N(C)CC. The first kappa shape index (κ1) is 15.9. The van der Waals surface area contributed by atoms with Gasteiger partial charge >= 0.3 is 0 Å². The van der Waals surface area contributed by atoms with Gasteiger partial charge < -0.3 is 10.6 Å². The Balaban J connectivity index is 0. The van der Waals surface area contributed by atoms with Crippen LogP contribution in [-0.4, -0.2) is 30.4 Å². The van der Waals surface area contributed by atoms with Gasteiger partial charge in [0, 0.05) is 13.6 Å². The maximum Gasteiger partial charge on any atom is 0.239 e. The molecule has 0 bridgehead atoms.